The van der Waals surface area contributed by atoms with Crippen LogP contribution in [-0.2, 0) is 14.9 Å². The molecule has 5 rings (SSSR count). The fraction of sp³-hybridized carbons (Fsp3) is 0.741. The van der Waals surface area contributed by atoms with Gasteiger partial charge < -0.3 is 14.5 Å². The van der Waals surface area contributed by atoms with Crippen molar-refractivity contribution in [1.29, 1.82) is 0 Å². The number of halogens is 2. The highest BCUT2D eigenvalue weighted by Gasteiger charge is 2.52. The molecule has 0 N–H and O–H groups in total. The summed E-state index contributed by atoms with van der Waals surface area (Å²) in [4.78, 5) is 21.1. The van der Waals surface area contributed by atoms with Gasteiger partial charge in [0.2, 0.25) is 5.91 Å². The zero-order chi connectivity index (χ0) is 23.9. The molecule has 1 spiro atoms. The van der Waals surface area contributed by atoms with Crippen LogP contribution in [0.1, 0.15) is 57.9 Å². The average molecular weight is 509 g/mol. The first-order valence-electron chi connectivity index (χ1n) is 13.2. The molecule has 1 saturated carbocycles. The van der Waals surface area contributed by atoms with Crippen molar-refractivity contribution < 1.29 is 9.53 Å². The zero-order valence-electron chi connectivity index (χ0n) is 20.7. The van der Waals surface area contributed by atoms with Crippen LogP contribution in [-0.4, -0.2) is 74.2 Å². The zero-order valence-corrected chi connectivity index (χ0v) is 22.2. The van der Waals surface area contributed by atoms with Gasteiger partial charge in [0, 0.05) is 37.9 Å². The molecule has 0 atom stereocenters. The first-order chi connectivity index (χ1) is 16.4. The quantitative estimate of drug-likeness (QED) is 0.547. The van der Waals surface area contributed by atoms with Crippen molar-refractivity contribution in [3.63, 3.8) is 0 Å². The van der Waals surface area contributed by atoms with E-state index in [0.717, 1.165) is 81.9 Å². The van der Waals surface area contributed by atoms with Crippen molar-refractivity contribution in [1.82, 2.24) is 9.80 Å². The predicted octanol–water partition coefficient (Wildman–Crippen LogP) is 5.22. The number of carbonyl (C=O) groups is 1. The van der Waals surface area contributed by atoms with Crippen molar-refractivity contribution in [3.8, 4) is 0 Å². The maximum absolute atomic E-state index is 14.0. The largest absolute Gasteiger partial charge is 0.379 e. The Morgan fingerprint density at radius 2 is 1.62 bits per heavy atom. The molecular formula is C27H39Cl2N3O2. The smallest absolute Gasteiger partial charge is 0.237 e. The number of hydrogen-bond donors (Lipinski definition) is 0. The van der Waals surface area contributed by atoms with Gasteiger partial charge in [0.05, 0.1) is 28.7 Å². The maximum Gasteiger partial charge on any atom is 0.237 e. The number of amides is 1. The van der Waals surface area contributed by atoms with Crippen LogP contribution in [0.25, 0.3) is 0 Å². The van der Waals surface area contributed by atoms with E-state index >= 15 is 0 Å². The normalized spacial score (nSPS) is 28.1. The summed E-state index contributed by atoms with van der Waals surface area (Å²) in [5.41, 5.74) is 1.61. The fourth-order valence-electron chi connectivity index (χ4n) is 6.80. The molecule has 1 amide bonds. The summed E-state index contributed by atoms with van der Waals surface area (Å²) >= 11 is 12.9. The molecule has 7 heteroatoms. The van der Waals surface area contributed by atoms with Crippen molar-refractivity contribution in [2.24, 2.45) is 11.8 Å². The monoisotopic (exact) mass is 507 g/mol. The molecule has 5 nitrogen and oxygen atoms in total. The molecule has 188 valence electrons. The Labute approximate surface area is 214 Å². The van der Waals surface area contributed by atoms with Gasteiger partial charge in [-0.2, -0.15) is 0 Å². The van der Waals surface area contributed by atoms with Gasteiger partial charge in [-0.1, -0.05) is 37.0 Å². The predicted molar refractivity (Wildman–Crippen MR) is 139 cm³/mol. The lowest BCUT2D eigenvalue weighted by Crippen LogP contribution is -2.52. The van der Waals surface area contributed by atoms with Crippen LogP contribution >= 0.6 is 23.2 Å². The highest BCUT2D eigenvalue weighted by Crippen LogP contribution is 2.50. The van der Waals surface area contributed by atoms with Gasteiger partial charge in [0.15, 0.2) is 0 Å². The van der Waals surface area contributed by atoms with E-state index in [4.69, 9.17) is 27.9 Å². The van der Waals surface area contributed by atoms with E-state index in [1.54, 1.807) is 0 Å². The third-order valence-electron chi connectivity index (χ3n) is 9.10. The molecule has 0 radical (unpaired) electrons. The van der Waals surface area contributed by atoms with Crippen LogP contribution in [0, 0.1) is 11.8 Å². The molecule has 34 heavy (non-hydrogen) atoms. The van der Waals surface area contributed by atoms with Crippen LogP contribution in [0.5, 0.6) is 0 Å². The Morgan fingerprint density at radius 3 is 2.26 bits per heavy atom. The summed E-state index contributed by atoms with van der Waals surface area (Å²) < 4.78 is 5.49. The number of piperidine rings is 1. The summed E-state index contributed by atoms with van der Waals surface area (Å²) in [6.07, 6.45) is 7.02. The van der Waals surface area contributed by atoms with E-state index in [9.17, 15) is 4.79 Å². The maximum atomic E-state index is 14.0. The van der Waals surface area contributed by atoms with Crippen molar-refractivity contribution >= 4 is 34.8 Å². The van der Waals surface area contributed by atoms with Crippen LogP contribution < -0.4 is 4.90 Å². The minimum Gasteiger partial charge on any atom is -0.379 e. The van der Waals surface area contributed by atoms with Crippen molar-refractivity contribution in [2.45, 2.75) is 63.8 Å². The number of benzene rings is 1. The number of rotatable bonds is 5. The van der Waals surface area contributed by atoms with Gasteiger partial charge in [-0.3, -0.25) is 9.69 Å². The van der Waals surface area contributed by atoms with E-state index in [2.05, 4.69) is 23.6 Å². The van der Waals surface area contributed by atoms with Crippen LogP contribution in [0.3, 0.4) is 0 Å². The lowest BCUT2D eigenvalue weighted by Gasteiger charge is -2.44. The van der Waals surface area contributed by atoms with Gasteiger partial charge in [-0.15, -0.1) is 0 Å². The van der Waals surface area contributed by atoms with Gasteiger partial charge in [0.1, 0.15) is 0 Å². The van der Waals surface area contributed by atoms with E-state index in [1.807, 2.05) is 17.0 Å². The SMILES string of the molecule is CC(C)[C@H]1CC[C@@H](N2CCC3(CC2)C(=O)N(CCN2CCOCC2)c2cc(Cl)c(Cl)cc23)CC1. The topological polar surface area (TPSA) is 36.0 Å². The highest BCUT2D eigenvalue weighted by atomic mass is 35.5. The summed E-state index contributed by atoms with van der Waals surface area (Å²) in [6.45, 7) is 11.6. The molecule has 0 bridgehead atoms. The number of likely N-dealkylation sites (tertiary alicyclic amines) is 1. The van der Waals surface area contributed by atoms with Crippen LogP contribution in [0.15, 0.2) is 12.1 Å². The average Bonchev–Trinajstić information content (AvgIpc) is 3.06. The standard InChI is InChI=1S/C27H39Cl2N3O2/c1-19(2)20-3-5-21(6-4-20)31-9-7-27(8-10-31)22-17-23(28)24(29)18-25(22)32(26(27)33)12-11-30-13-15-34-16-14-30/h17-21H,3-16H2,1-2H3/t20-,21+. The number of ether oxygens (including phenoxy) is 1. The molecule has 3 heterocycles. The first kappa shape index (κ1) is 24.8. The molecule has 3 fully saturated rings. The van der Waals surface area contributed by atoms with E-state index in [-0.39, 0.29) is 5.91 Å². The summed E-state index contributed by atoms with van der Waals surface area (Å²) in [5.74, 6) is 1.91. The van der Waals surface area contributed by atoms with Gasteiger partial charge in [-0.25, -0.2) is 0 Å². The van der Waals surface area contributed by atoms with Gasteiger partial charge in [-0.05, 0) is 81.1 Å². The molecule has 1 aliphatic carbocycles. The molecular weight excluding hydrogens is 469 g/mol. The number of anilines is 1. The Morgan fingerprint density at radius 1 is 0.971 bits per heavy atom. The minimum atomic E-state index is -0.458. The molecule has 1 aromatic rings. The van der Waals surface area contributed by atoms with E-state index in [1.165, 1.54) is 25.7 Å². The van der Waals surface area contributed by atoms with Gasteiger partial charge >= 0.3 is 0 Å². The third kappa shape index (κ3) is 4.64. The van der Waals surface area contributed by atoms with Crippen molar-refractivity contribution in [3.05, 3.63) is 27.7 Å². The fourth-order valence-corrected chi connectivity index (χ4v) is 7.12. The van der Waals surface area contributed by atoms with E-state index < -0.39 is 5.41 Å². The Kier molecular flexibility index (Phi) is 7.49. The number of fused-ring (bicyclic) bond motifs is 2. The molecule has 2 saturated heterocycles. The van der Waals surface area contributed by atoms with Crippen LogP contribution in [0.4, 0.5) is 5.69 Å². The molecule has 3 aliphatic heterocycles. The molecule has 0 aromatic heterocycles. The van der Waals surface area contributed by atoms with Crippen LogP contribution in [0.2, 0.25) is 10.0 Å². The van der Waals surface area contributed by atoms with E-state index in [0.29, 0.717) is 22.6 Å². The molecule has 1 aromatic carbocycles. The molecule has 4 aliphatic rings. The Hall–Kier alpha value is -0.850. The third-order valence-corrected chi connectivity index (χ3v) is 9.82. The van der Waals surface area contributed by atoms with Gasteiger partial charge in [0.25, 0.3) is 0 Å². The summed E-state index contributed by atoms with van der Waals surface area (Å²) in [7, 11) is 0. The lowest BCUT2D eigenvalue weighted by molar-refractivity contribution is -0.125. The summed E-state index contributed by atoms with van der Waals surface area (Å²) in [6, 6.07) is 4.58. The number of carbonyl (C=O) groups excluding carboxylic acids is 1. The first-order valence-corrected chi connectivity index (χ1v) is 14.0. The highest BCUT2D eigenvalue weighted by molar-refractivity contribution is 6.42. The second-order valence-corrected chi connectivity index (χ2v) is 11.9. The Balaban J connectivity index is 1.31. The minimum absolute atomic E-state index is 0.247. The summed E-state index contributed by atoms with van der Waals surface area (Å²) in [5, 5.41) is 1.08. The lowest BCUT2D eigenvalue weighted by atomic mass is 9.72. The molecule has 0 unspecified atom stereocenters. The Bertz CT molecular complexity index is 886. The number of hydrogen-bond acceptors (Lipinski definition) is 4. The second kappa shape index (κ2) is 10.3. The number of nitrogens with zero attached hydrogens (tertiary/aromatic N) is 3. The number of morpholine rings is 1. The second-order valence-electron chi connectivity index (χ2n) is 11.1. The van der Waals surface area contributed by atoms with Crippen molar-refractivity contribution in [2.75, 3.05) is 57.4 Å².